The molecule has 0 bridgehead atoms. The van der Waals surface area contributed by atoms with Crippen molar-refractivity contribution in [1.82, 2.24) is 9.80 Å². The van der Waals surface area contributed by atoms with E-state index in [0.29, 0.717) is 13.1 Å². The first kappa shape index (κ1) is 15.9. The van der Waals surface area contributed by atoms with Crippen molar-refractivity contribution in [3.8, 4) is 0 Å². The van der Waals surface area contributed by atoms with E-state index in [2.05, 4.69) is 11.8 Å². The van der Waals surface area contributed by atoms with Gasteiger partial charge in [0.1, 0.15) is 6.54 Å². The smallest absolute Gasteiger partial charge is 0.323 e. The maximum absolute atomic E-state index is 11.9. The minimum Gasteiger partial charge on any atom is -0.480 e. The van der Waals surface area contributed by atoms with Gasteiger partial charge < -0.3 is 14.7 Å². The number of carboxylic acids is 1. The van der Waals surface area contributed by atoms with E-state index in [1.54, 1.807) is 7.11 Å². The van der Waals surface area contributed by atoms with Crippen LogP contribution in [0.25, 0.3) is 0 Å². The number of aliphatic carboxylic acids is 1. The van der Waals surface area contributed by atoms with E-state index in [4.69, 9.17) is 9.84 Å². The highest BCUT2D eigenvalue weighted by molar-refractivity contribution is 5.83. The van der Waals surface area contributed by atoms with Crippen LogP contribution in [0.4, 0.5) is 0 Å². The fraction of sp³-hybridized carbons (Fsp3) is 0.846. The Morgan fingerprint density at radius 2 is 2.11 bits per heavy atom. The third kappa shape index (κ3) is 4.80. The topological polar surface area (TPSA) is 70.1 Å². The lowest BCUT2D eigenvalue weighted by atomic mass is 9.98. The van der Waals surface area contributed by atoms with Crippen molar-refractivity contribution in [2.45, 2.75) is 38.8 Å². The molecule has 1 heterocycles. The summed E-state index contributed by atoms with van der Waals surface area (Å²) in [6.07, 6.45) is 0.829. The van der Waals surface area contributed by atoms with Gasteiger partial charge in [-0.1, -0.05) is 0 Å². The van der Waals surface area contributed by atoms with Crippen LogP contribution >= 0.6 is 0 Å². The van der Waals surface area contributed by atoms with Gasteiger partial charge in [0, 0.05) is 26.2 Å². The number of methoxy groups -OCH3 is 1. The van der Waals surface area contributed by atoms with E-state index >= 15 is 0 Å². The number of carbonyl (C=O) groups is 2. The molecule has 0 saturated carbocycles. The van der Waals surface area contributed by atoms with Gasteiger partial charge in [-0.05, 0) is 27.2 Å². The summed E-state index contributed by atoms with van der Waals surface area (Å²) in [5, 5.41) is 8.72. The Morgan fingerprint density at radius 3 is 2.58 bits per heavy atom. The van der Waals surface area contributed by atoms with Crippen LogP contribution in [-0.4, -0.2) is 71.7 Å². The van der Waals surface area contributed by atoms with Gasteiger partial charge in [0.05, 0.1) is 12.1 Å². The van der Waals surface area contributed by atoms with Crippen LogP contribution in [-0.2, 0) is 14.3 Å². The molecule has 0 unspecified atom stereocenters. The lowest BCUT2D eigenvalue weighted by Gasteiger charge is -2.39. The van der Waals surface area contributed by atoms with Gasteiger partial charge in [0.15, 0.2) is 0 Å². The molecule has 1 atom stereocenters. The molecule has 1 rings (SSSR count). The van der Waals surface area contributed by atoms with Crippen LogP contribution < -0.4 is 0 Å². The molecule has 0 radical (unpaired) electrons. The highest BCUT2D eigenvalue weighted by Gasteiger charge is 2.30. The molecular weight excluding hydrogens is 248 g/mol. The molecular formula is C13H24N2O4. The third-order valence-electron chi connectivity index (χ3n) is 3.64. The summed E-state index contributed by atoms with van der Waals surface area (Å²) in [5.74, 6) is -1.08. The summed E-state index contributed by atoms with van der Waals surface area (Å²) < 4.78 is 5.40. The van der Waals surface area contributed by atoms with Crippen LogP contribution in [0.2, 0.25) is 0 Å². The average molecular weight is 272 g/mol. The fourth-order valence-electron chi connectivity index (χ4n) is 2.36. The fourth-order valence-corrected chi connectivity index (χ4v) is 2.36. The maximum Gasteiger partial charge on any atom is 0.323 e. The number of hydrogen-bond acceptors (Lipinski definition) is 4. The number of carbonyl (C=O) groups excluding carboxylic acids is 1. The standard InChI is InChI=1S/C13H24N2O4/c1-10(7-13(2,3)19-4)14-5-6-15(9-12(17)18)11(16)8-14/h10H,5-9H2,1-4H3,(H,17,18)/t10-/m1/s1. The molecule has 0 aromatic carbocycles. The lowest BCUT2D eigenvalue weighted by Crippen LogP contribution is -2.54. The van der Waals surface area contributed by atoms with Gasteiger partial charge in [-0.25, -0.2) is 0 Å². The zero-order chi connectivity index (χ0) is 14.6. The summed E-state index contributed by atoms with van der Waals surface area (Å²) >= 11 is 0. The Hall–Kier alpha value is -1.14. The molecule has 1 fully saturated rings. The molecule has 0 aromatic heterocycles. The quantitative estimate of drug-likeness (QED) is 0.759. The molecule has 6 nitrogen and oxygen atoms in total. The van der Waals surface area contributed by atoms with E-state index in [1.807, 2.05) is 13.8 Å². The van der Waals surface area contributed by atoms with Crippen molar-refractivity contribution in [1.29, 1.82) is 0 Å². The number of carboxylic acid groups (broad SMARTS) is 1. The van der Waals surface area contributed by atoms with E-state index in [-0.39, 0.29) is 30.6 Å². The third-order valence-corrected chi connectivity index (χ3v) is 3.64. The number of piperazine rings is 1. The molecule has 110 valence electrons. The molecule has 0 aliphatic carbocycles. The summed E-state index contributed by atoms with van der Waals surface area (Å²) in [4.78, 5) is 26.0. The second-order valence-electron chi connectivity index (χ2n) is 5.70. The molecule has 0 aromatic rings. The van der Waals surface area contributed by atoms with Gasteiger partial charge in [-0.3, -0.25) is 14.5 Å². The Morgan fingerprint density at radius 1 is 1.47 bits per heavy atom. The van der Waals surface area contributed by atoms with Gasteiger partial charge in [0.2, 0.25) is 5.91 Å². The van der Waals surface area contributed by atoms with Crippen LogP contribution in [0, 0.1) is 0 Å². The number of ether oxygens (including phenoxy) is 1. The molecule has 1 N–H and O–H groups in total. The number of rotatable bonds is 6. The van der Waals surface area contributed by atoms with E-state index in [1.165, 1.54) is 4.90 Å². The van der Waals surface area contributed by atoms with Gasteiger partial charge in [-0.15, -0.1) is 0 Å². The van der Waals surface area contributed by atoms with Gasteiger partial charge >= 0.3 is 5.97 Å². The predicted molar refractivity (Wildman–Crippen MR) is 71.0 cm³/mol. The minimum absolute atomic E-state index is 0.115. The molecule has 19 heavy (non-hydrogen) atoms. The lowest BCUT2D eigenvalue weighted by molar-refractivity contribution is -0.147. The van der Waals surface area contributed by atoms with Crippen LogP contribution in [0.1, 0.15) is 27.2 Å². The highest BCUT2D eigenvalue weighted by atomic mass is 16.5. The second kappa shape index (κ2) is 6.34. The Bertz CT molecular complexity index is 344. The molecule has 1 aliphatic heterocycles. The Kier molecular flexibility index (Phi) is 5.31. The van der Waals surface area contributed by atoms with Crippen LogP contribution in [0.15, 0.2) is 0 Å². The molecule has 0 spiro atoms. The minimum atomic E-state index is -0.963. The van der Waals surface area contributed by atoms with Crippen molar-refractivity contribution in [3.63, 3.8) is 0 Å². The largest absolute Gasteiger partial charge is 0.480 e. The summed E-state index contributed by atoms with van der Waals surface area (Å²) in [7, 11) is 1.68. The van der Waals surface area contributed by atoms with Crippen LogP contribution in [0.3, 0.4) is 0 Å². The molecule has 1 aliphatic rings. The second-order valence-corrected chi connectivity index (χ2v) is 5.70. The zero-order valence-corrected chi connectivity index (χ0v) is 12.2. The van der Waals surface area contributed by atoms with Crippen molar-refractivity contribution >= 4 is 11.9 Å². The summed E-state index contributed by atoms with van der Waals surface area (Å²) in [5.41, 5.74) is -0.222. The maximum atomic E-state index is 11.9. The summed E-state index contributed by atoms with van der Waals surface area (Å²) in [6.45, 7) is 7.38. The number of amides is 1. The summed E-state index contributed by atoms with van der Waals surface area (Å²) in [6, 6.07) is 0.228. The Labute approximate surface area is 114 Å². The van der Waals surface area contributed by atoms with E-state index < -0.39 is 5.97 Å². The molecule has 1 amide bonds. The Balaban J connectivity index is 2.51. The predicted octanol–water partition coefficient (Wildman–Crippen LogP) is 0.419. The molecule has 6 heteroatoms. The first-order valence-electron chi connectivity index (χ1n) is 6.54. The molecule has 1 saturated heterocycles. The van der Waals surface area contributed by atoms with Crippen molar-refractivity contribution in [2.24, 2.45) is 0 Å². The first-order chi connectivity index (χ1) is 8.75. The number of hydrogen-bond donors (Lipinski definition) is 1. The van der Waals surface area contributed by atoms with Crippen molar-refractivity contribution < 1.29 is 19.4 Å². The average Bonchev–Trinajstić information content (AvgIpc) is 2.30. The van der Waals surface area contributed by atoms with Gasteiger partial charge in [-0.2, -0.15) is 0 Å². The van der Waals surface area contributed by atoms with Crippen molar-refractivity contribution in [2.75, 3.05) is 33.3 Å². The van der Waals surface area contributed by atoms with Crippen molar-refractivity contribution in [3.05, 3.63) is 0 Å². The SMILES string of the molecule is COC(C)(C)C[C@@H](C)N1CCN(CC(=O)O)C(=O)C1. The van der Waals surface area contributed by atoms with E-state index in [0.717, 1.165) is 6.42 Å². The van der Waals surface area contributed by atoms with E-state index in [9.17, 15) is 9.59 Å². The monoisotopic (exact) mass is 272 g/mol. The number of nitrogens with zero attached hydrogens (tertiary/aromatic N) is 2. The zero-order valence-electron chi connectivity index (χ0n) is 12.2. The van der Waals surface area contributed by atoms with Gasteiger partial charge in [0.25, 0.3) is 0 Å². The highest BCUT2D eigenvalue weighted by Crippen LogP contribution is 2.20. The normalized spacial score (nSPS) is 19.6. The van der Waals surface area contributed by atoms with Crippen LogP contribution in [0.5, 0.6) is 0 Å². The first-order valence-corrected chi connectivity index (χ1v) is 6.54.